The van der Waals surface area contributed by atoms with Gasteiger partial charge in [-0.15, -0.1) is 11.8 Å². The molecule has 2 aromatic carbocycles. The maximum Gasteiger partial charge on any atom is 0.233 e. The maximum atomic E-state index is 12.9. The Labute approximate surface area is 145 Å². The van der Waals surface area contributed by atoms with E-state index in [1.165, 1.54) is 23.9 Å². The Morgan fingerprint density at radius 3 is 2.58 bits per heavy atom. The number of likely N-dealkylation sites (tertiary alicyclic amines) is 1. The third-order valence-electron chi connectivity index (χ3n) is 4.25. The third kappa shape index (κ3) is 3.90. The van der Waals surface area contributed by atoms with Crippen LogP contribution >= 0.6 is 11.8 Å². The molecule has 5 heteroatoms. The molecule has 1 fully saturated rings. The molecule has 0 N–H and O–H groups in total. The van der Waals surface area contributed by atoms with Crippen LogP contribution in [0.25, 0.3) is 0 Å². The number of thioether (sulfide) groups is 1. The molecule has 1 atom stereocenters. The van der Waals surface area contributed by atoms with E-state index in [0.717, 1.165) is 35.6 Å². The molecule has 0 saturated carbocycles. The van der Waals surface area contributed by atoms with Crippen LogP contribution in [-0.2, 0) is 4.79 Å². The molecule has 3 rings (SSSR count). The van der Waals surface area contributed by atoms with Gasteiger partial charge in [0.2, 0.25) is 5.91 Å². The van der Waals surface area contributed by atoms with Crippen molar-refractivity contribution in [1.29, 1.82) is 0 Å². The molecular formula is C19H20FNO2S. The Balaban J connectivity index is 1.63. The second-order valence-electron chi connectivity index (χ2n) is 5.76. The summed E-state index contributed by atoms with van der Waals surface area (Å²) in [5.74, 6) is 1.06. The number of benzene rings is 2. The van der Waals surface area contributed by atoms with E-state index in [-0.39, 0.29) is 17.8 Å². The summed E-state index contributed by atoms with van der Waals surface area (Å²) in [7, 11) is 1.65. The lowest BCUT2D eigenvalue weighted by Gasteiger charge is -2.25. The zero-order chi connectivity index (χ0) is 16.9. The lowest BCUT2D eigenvalue weighted by Crippen LogP contribution is -2.31. The number of halogens is 1. The fraction of sp³-hybridized carbons (Fsp3) is 0.316. The SMILES string of the molecule is COc1ccc([C@H]2CCCN2C(=O)CSc2ccc(F)cc2)cc1. The highest BCUT2D eigenvalue weighted by Crippen LogP contribution is 2.33. The van der Waals surface area contributed by atoms with Crippen molar-refractivity contribution in [2.45, 2.75) is 23.8 Å². The van der Waals surface area contributed by atoms with Crippen LogP contribution in [0.1, 0.15) is 24.4 Å². The average molecular weight is 345 g/mol. The van der Waals surface area contributed by atoms with Crippen molar-refractivity contribution in [3.63, 3.8) is 0 Å². The summed E-state index contributed by atoms with van der Waals surface area (Å²) in [6.45, 7) is 0.791. The minimum absolute atomic E-state index is 0.127. The van der Waals surface area contributed by atoms with Gasteiger partial charge in [-0.25, -0.2) is 4.39 Å². The zero-order valence-electron chi connectivity index (χ0n) is 13.6. The Kier molecular flexibility index (Phi) is 5.41. The molecule has 0 unspecified atom stereocenters. The number of amides is 1. The van der Waals surface area contributed by atoms with Gasteiger partial charge in [0.15, 0.2) is 0 Å². The molecule has 126 valence electrons. The molecule has 0 radical (unpaired) electrons. The molecule has 3 nitrogen and oxygen atoms in total. The van der Waals surface area contributed by atoms with Gasteiger partial charge in [-0.05, 0) is 54.8 Å². The maximum absolute atomic E-state index is 12.9. The minimum atomic E-state index is -0.259. The zero-order valence-corrected chi connectivity index (χ0v) is 14.4. The van der Waals surface area contributed by atoms with Gasteiger partial charge in [0, 0.05) is 11.4 Å². The molecule has 1 heterocycles. The predicted octanol–water partition coefficient (Wildman–Crippen LogP) is 4.29. The summed E-state index contributed by atoms with van der Waals surface area (Å²) in [5, 5.41) is 0. The van der Waals surface area contributed by atoms with Crippen LogP contribution < -0.4 is 4.74 Å². The number of hydrogen-bond donors (Lipinski definition) is 0. The first-order valence-corrected chi connectivity index (χ1v) is 8.98. The van der Waals surface area contributed by atoms with E-state index < -0.39 is 0 Å². The van der Waals surface area contributed by atoms with Crippen LogP contribution in [0.4, 0.5) is 4.39 Å². The molecule has 1 aliphatic rings. The largest absolute Gasteiger partial charge is 0.497 e. The third-order valence-corrected chi connectivity index (χ3v) is 5.25. The van der Waals surface area contributed by atoms with Crippen LogP contribution in [0.2, 0.25) is 0 Å². The predicted molar refractivity (Wildman–Crippen MR) is 93.8 cm³/mol. The first-order chi connectivity index (χ1) is 11.7. The van der Waals surface area contributed by atoms with Gasteiger partial charge in [0.25, 0.3) is 0 Å². The van der Waals surface area contributed by atoms with Gasteiger partial charge in [-0.2, -0.15) is 0 Å². The fourth-order valence-electron chi connectivity index (χ4n) is 3.00. The lowest BCUT2D eigenvalue weighted by atomic mass is 10.0. The Morgan fingerprint density at radius 1 is 1.21 bits per heavy atom. The van der Waals surface area contributed by atoms with E-state index in [9.17, 15) is 9.18 Å². The fourth-order valence-corrected chi connectivity index (χ4v) is 3.78. The standard InChI is InChI=1S/C19H20FNO2S/c1-23-16-8-4-14(5-9-16)18-3-2-12-21(18)19(22)13-24-17-10-6-15(20)7-11-17/h4-11,18H,2-3,12-13H2,1H3/t18-/m1/s1. The summed E-state index contributed by atoms with van der Waals surface area (Å²) < 4.78 is 18.1. The molecule has 0 aromatic heterocycles. The Bertz CT molecular complexity index is 688. The van der Waals surface area contributed by atoms with Gasteiger partial charge >= 0.3 is 0 Å². The number of carbonyl (C=O) groups excluding carboxylic acids is 1. The Morgan fingerprint density at radius 2 is 1.92 bits per heavy atom. The van der Waals surface area contributed by atoms with Crippen molar-refractivity contribution < 1.29 is 13.9 Å². The molecule has 1 amide bonds. The van der Waals surface area contributed by atoms with Crippen molar-refractivity contribution in [3.8, 4) is 5.75 Å². The topological polar surface area (TPSA) is 29.5 Å². The quantitative estimate of drug-likeness (QED) is 0.757. The van der Waals surface area contributed by atoms with E-state index >= 15 is 0 Å². The molecule has 1 aliphatic heterocycles. The minimum Gasteiger partial charge on any atom is -0.497 e. The van der Waals surface area contributed by atoms with Gasteiger partial charge in [0.05, 0.1) is 18.9 Å². The van der Waals surface area contributed by atoms with Crippen molar-refractivity contribution in [3.05, 3.63) is 59.9 Å². The smallest absolute Gasteiger partial charge is 0.233 e. The summed E-state index contributed by atoms with van der Waals surface area (Å²) in [4.78, 5) is 15.5. The number of carbonyl (C=O) groups is 1. The number of rotatable bonds is 5. The number of ether oxygens (including phenoxy) is 1. The highest BCUT2D eigenvalue weighted by atomic mass is 32.2. The second-order valence-corrected chi connectivity index (χ2v) is 6.81. The molecule has 0 aliphatic carbocycles. The molecule has 1 saturated heterocycles. The number of methoxy groups -OCH3 is 1. The lowest BCUT2D eigenvalue weighted by molar-refractivity contribution is -0.129. The van der Waals surface area contributed by atoms with Gasteiger partial charge in [-0.3, -0.25) is 4.79 Å². The monoisotopic (exact) mass is 345 g/mol. The van der Waals surface area contributed by atoms with Crippen LogP contribution in [0.3, 0.4) is 0 Å². The summed E-state index contributed by atoms with van der Waals surface area (Å²) in [6, 6.07) is 14.3. The second kappa shape index (κ2) is 7.71. The highest BCUT2D eigenvalue weighted by Gasteiger charge is 2.29. The van der Waals surface area contributed by atoms with E-state index in [1.54, 1.807) is 19.2 Å². The molecule has 0 spiro atoms. The van der Waals surface area contributed by atoms with Crippen LogP contribution in [0, 0.1) is 5.82 Å². The van der Waals surface area contributed by atoms with E-state index in [0.29, 0.717) is 5.75 Å². The number of nitrogens with zero attached hydrogens (tertiary/aromatic N) is 1. The van der Waals surface area contributed by atoms with Crippen LogP contribution in [0.5, 0.6) is 5.75 Å². The van der Waals surface area contributed by atoms with Gasteiger partial charge < -0.3 is 9.64 Å². The summed E-state index contributed by atoms with van der Waals surface area (Å²) in [6.07, 6.45) is 2.00. The highest BCUT2D eigenvalue weighted by molar-refractivity contribution is 8.00. The van der Waals surface area contributed by atoms with Gasteiger partial charge in [0.1, 0.15) is 11.6 Å². The van der Waals surface area contributed by atoms with Crippen molar-refractivity contribution >= 4 is 17.7 Å². The molecule has 0 bridgehead atoms. The molecule has 2 aromatic rings. The Hall–Kier alpha value is -2.01. The van der Waals surface area contributed by atoms with Crippen molar-refractivity contribution in [2.24, 2.45) is 0 Å². The van der Waals surface area contributed by atoms with E-state index in [1.807, 2.05) is 29.2 Å². The van der Waals surface area contributed by atoms with Crippen molar-refractivity contribution in [2.75, 3.05) is 19.4 Å². The molecule has 24 heavy (non-hydrogen) atoms. The van der Waals surface area contributed by atoms with Crippen LogP contribution in [0.15, 0.2) is 53.4 Å². The normalized spacial score (nSPS) is 17.1. The van der Waals surface area contributed by atoms with Crippen molar-refractivity contribution in [1.82, 2.24) is 4.90 Å². The number of hydrogen-bond acceptors (Lipinski definition) is 3. The average Bonchev–Trinajstić information content (AvgIpc) is 3.11. The first-order valence-electron chi connectivity index (χ1n) is 7.99. The van der Waals surface area contributed by atoms with E-state index in [4.69, 9.17) is 4.74 Å². The molecular weight excluding hydrogens is 325 g/mol. The van der Waals surface area contributed by atoms with Crippen LogP contribution in [-0.4, -0.2) is 30.2 Å². The first kappa shape index (κ1) is 16.8. The summed E-state index contributed by atoms with van der Waals surface area (Å²) in [5.41, 5.74) is 1.15. The summed E-state index contributed by atoms with van der Waals surface area (Å²) >= 11 is 1.45. The van der Waals surface area contributed by atoms with Gasteiger partial charge in [-0.1, -0.05) is 12.1 Å². The van der Waals surface area contributed by atoms with E-state index in [2.05, 4.69) is 0 Å².